The van der Waals surface area contributed by atoms with Crippen LogP contribution in [0.1, 0.15) is 21.6 Å². The standard InChI is InChI=1S/C27H24N8O/c1-34(16-14-22-7-5-6-15-28-22)27(36)21-12-10-20(11-13-21)17-31-33-25-24-18-32-35(26(24)30-19-29-25)23-8-3-2-4-9-23/h2-13,15,18-19H,14,16-17H2,1H3. The summed E-state index contributed by atoms with van der Waals surface area (Å²) in [6.45, 7) is 0.961. The van der Waals surface area contributed by atoms with Crippen molar-refractivity contribution in [3.05, 3.63) is 108 Å². The molecule has 0 spiro atoms. The first-order valence-electron chi connectivity index (χ1n) is 11.5. The van der Waals surface area contributed by atoms with Crippen molar-refractivity contribution < 1.29 is 4.79 Å². The summed E-state index contributed by atoms with van der Waals surface area (Å²) in [4.78, 5) is 27.4. The lowest BCUT2D eigenvalue weighted by Gasteiger charge is -2.17. The molecule has 2 aromatic carbocycles. The van der Waals surface area contributed by atoms with Gasteiger partial charge in [0.2, 0.25) is 0 Å². The maximum absolute atomic E-state index is 12.7. The number of hydrogen-bond acceptors (Lipinski definition) is 7. The lowest BCUT2D eigenvalue weighted by molar-refractivity contribution is 0.0796. The van der Waals surface area contributed by atoms with Gasteiger partial charge in [-0.25, -0.2) is 14.6 Å². The number of amides is 1. The van der Waals surface area contributed by atoms with E-state index in [2.05, 4.69) is 30.3 Å². The Balaban J connectivity index is 1.22. The van der Waals surface area contributed by atoms with Crippen molar-refractivity contribution in [2.75, 3.05) is 13.6 Å². The fraction of sp³-hybridized carbons (Fsp3) is 0.148. The molecule has 178 valence electrons. The molecule has 0 saturated carbocycles. The monoisotopic (exact) mass is 476 g/mol. The van der Waals surface area contributed by atoms with Crippen molar-refractivity contribution in [3.8, 4) is 5.69 Å². The largest absolute Gasteiger partial charge is 0.341 e. The molecule has 0 atom stereocenters. The lowest BCUT2D eigenvalue weighted by Crippen LogP contribution is -2.29. The van der Waals surface area contributed by atoms with Gasteiger partial charge in [0, 0.05) is 37.5 Å². The zero-order valence-corrected chi connectivity index (χ0v) is 19.8. The van der Waals surface area contributed by atoms with Crippen molar-refractivity contribution in [2.24, 2.45) is 10.2 Å². The zero-order valence-electron chi connectivity index (χ0n) is 19.8. The van der Waals surface area contributed by atoms with Crippen LogP contribution < -0.4 is 0 Å². The highest BCUT2D eigenvalue weighted by atomic mass is 16.2. The van der Waals surface area contributed by atoms with Crippen molar-refractivity contribution in [3.63, 3.8) is 0 Å². The molecule has 5 rings (SSSR count). The van der Waals surface area contributed by atoms with Gasteiger partial charge in [0.05, 0.1) is 23.8 Å². The normalized spacial score (nSPS) is 11.2. The van der Waals surface area contributed by atoms with Crippen LogP contribution in [0.25, 0.3) is 16.7 Å². The SMILES string of the molecule is CN(CCc1ccccn1)C(=O)c1ccc(CN=Nc2ncnc3c2cnn3-c2ccccc2)cc1. The maximum atomic E-state index is 12.7. The summed E-state index contributed by atoms with van der Waals surface area (Å²) in [7, 11) is 1.80. The highest BCUT2D eigenvalue weighted by Crippen LogP contribution is 2.24. The van der Waals surface area contributed by atoms with Crippen molar-refractivity contribution in [2.45, 2.75) is 13.0 Å². The second-order valence-electron chi connectivity index (χ2n) is 8.22. The van der Waals surface area contributed by atoms with Gasteiger partial charge in [0.1, 0.15) is 6.33 Å². The molecule has 3 heterocycles. The Bertz CT molecular complexity index is 1480. The van der Waals surface area contributed by atoms with E-state index < -0.39 is 0 Å². The average molecular weight is 477 g/mol. The van der Waals surface area contributed by atoms with Gasteiger partial charge in [-0.15, -0.1) is 5.11 Å². The first-order chi connectivity index (χ1) is 17.7. The van der Waals surface area contributed by atoms with Crippen LogP contribution in [0.2, 0.25) is 0 Å². The van der Waals surface area contributed by atoms with Crippen molar-refractivity contribution in [1.82, 2.24) is 29.6 Å². The fourth-order valence-corrected chi connectivity index (χ4v) is 3.76. The van der Waals surface area contributed by atoms with Gasteiger partial charge in [0.15, 0.2) is 11.5 Å². The third-order valence-corrected chi connectivity index (χ3v) is 5.74. The molecular weight excluding hydrogens is 452 g/mol. The summed E-state index contributed by atoms with van der Waals surface area (Å²) in [6.07, 6.45) is 5.63. The number of para-hydroxylation sites is 1. The average Bonchev–Trinajstić information content (AvgIpc) is 3.38. The molecular formula is C27H24N8O. The number of fused-ring (bicyclic) bond motifs is 1. The van der Waals surface area contributed by atoms with E-state index in [9.17, 15) is 4.79 Å². The van der Waals surface area contributed by atoms with E-state index in [4.69, 9.17) is 0 Å². The summed E-state index contributed by atoms with van der Waals surface area (Å²) in [5.41, 5.74) is 4.11. The van der Waals surface area contributed by atoms with Crippen LogP contribution in [-0.2, 0) is 13.0 Å². The van der Waals surface area contributed by atoms with Gasteiger partial charge in [-0.2, -0.15) is 10.2 Å². The number of rotatable bonds is 8. The first-order valence-corrected chi connectivity index (χ1v) is 11.5. The summed E-state index contributed by atoms with van der Waals surface area (Å²) < 4.78 is 1.75. The molecule has 0 radical (unpaired) electrons. The topological polar surface area (TPSA) is 102 Å². The van der Waals surface area contributed by atoms with Gasteiger partial charge >= 0.3 is 0 Å². The molecule has 0 N–H and O–H groups in total. The molecule has 1 amide bonds. The van der Waals surface area contributed by atoms with Crippen LogP contribution in [-0.4, -0.2) is 49.1 Å². The Kier molecular flexibility index (Phi) is 6.79. The lowest BCUT2D eigenvalue weighted by atomic mass is 10.1. The third-order valence-electron chi connectivity index (χ3n) is 5.74. The molecule has 0 aliphatic heterocycles. The van der Waals surface area contributed by atoms with E-state index in [0.717, 1.165) is 22.3 Å². The highest BCUT2D eigenvalue weighted by molar-refractivity contribution is 5.94. The Labute approximate surface area is 208 Å². The minimum Gasteiger partial charge on any atom is -0.341 e. The molecule has 9 heteroatoms. The zero-order chi connectivity index (χ0) is 24.7. The Morgan fingerprint density at radius 1 is 0.944 bits per heavy atom. The fourth-order valence-electron chi connectivity index (χ4n) is 3.76. The van der Waals surface area contributed by atoms with Crippen LogP contribution in [0.15, 0.2) is 102 Å². The van der Waals surface area contributed by atoms with Gasteiger partial charge in [-0.05, 0) is 42.0 Å². The number of azo groups is 1. The summed E-state index contributed by atoms with van der Waals surface area (Å²) in [5.74, 6) is 0.432. The molecule has 0 aliphatic carbocycles. The van der Waals surface area contributed by atoms with E-state index in [0.29, 0.717) is 36.5 Å². The van der Waals surface area contributed by atoms with Crippen LogP contribution >= 0.6 is 0 Å². The van der Waals surface area contributed by atoms with Crippen LogP contribution in [0.4, 0.5) is 5.82 Å². The third kappa shape index (κ3) is 5.15. The molecule has 0 bridgehead atoms. The molecule has 36 heavy (non-hydrogen) atoms. The molecule has 5 aromatic rings. The number of pyridine rings is 1. The van der Waals surface area contributed by atoms with Crippen molar-refractivity contribution >= 4 is 22.8 Å². The molecule has 0 unspecified atom stereocenters. The van der Waals surface area contributed by atoms with Crippen LogP contribution in [0.3, 0.4) is 0 Å². The predicted molar refractivity (Wildman–Crippen MR) is 136 cm³/mol. The number of nitrogens with zero attached hydrogens (tertiary/aromatic N) is 8. The van der Waals surface area contributed by atoms with E-state index in [1.165, 1.54) is 6.33 Å². The Morgan fingerprint density at radius 2 is 1.75 bits per heavy atom. The number of carbonyl (C=O) groups is 1. The smallest absolute Gasteiger partial charge is 0.253 e. The summed E-state index contributed by atoms with van der Waals surface area (Å²) in [6, 6.07) is 23.0. The second kappa shape index (κ2) is 10.6. The Morgan fingerprint density at radius 3 is 2.53 bits per heavy atom. The van der Waals surface area contributed by atoms with E-state index >= 15 is 0 Å². The van der Waals surface area contributed by atoms with Gasteiger partial charge in [-0.3, -0.25) is 9.78 Å². The number of likely N-dealkylation sites (N-methyl/N-ethyl adjacent to an activating group) is 1. The first kappa shape index (κ1) is 23.0. The van der Waals surface area contributed by atoms with Crippen LogP contribution in [0.5, 0.6) is 0 Å². The van der Waals surface area contributed by atoms with Gasteiger partial charge in [-0.1, -0.05) is 36.4 Å². The number of aromatic nitrogens is 5. The highest BCUT2D eigenvalue weighted by Gasteiger charge is 2.12. The predicted octanol–water partition coefficient (Wildman–Crippen LogP) is 4.81. The molecule has 0 aliphatic rings. The Hall–Kier alpha value is -4.79. The molecule has 3 aromatic heterocycles. The quantitative estimate of drug-likeness (QED) is 0.299. The van der Waals surface area contributed by atoms with E-state index in [-0.39, 0.29) is 5.91 Å². The molecule has 0 saturated heterocycles. The number of benzene rings is 2. The number of hydrogen-bond donors (Lipinski definition) is 0. The molecule has 0 fully saturated rings. The number of carbonyl (C=O) groups excluding carboxylic acids is 1. The van der Waals surface area contributed by atoms with Gasteiger partial charge < -0.3 is 4.90 Å². The van der Waals surface area contributed by atoms with Crippen molar-refractivity contribution in [1.29, 1.82) is 0 Å². The van der Waals surface area contributed by atoms with E-state index in [1.54, 1.807) is 29.0 Å². The maximum Gasteiger partial charge on any atom is 0.253 e. The minimum absolute atomic E-state index is 0.0297. The van der Waals surface area contributed by atoms with Gasteiger partial charge in [0.25, 0.3) is 5.91 Å². The van der Waals surface area contributed by atoms with E-state index in [1.807, 2.05) is 72.8 Å². The summed E-state index contributed by atoms with van der Waals surface area (Å²) >= 11 is 0. The van der Waals surface area contributed by atoms with Crippen LogP contribution in [0, 0.1) is 0 Å². The molecule has 9 nitrogen and oxygen atoms in total. The second-order valence-corrected chi connectivity index (χ2v) is 8.22. The minimum atomic E-state index is -0.0297. The summed E-state index contributed by atoms with van der Waals surface area (Å²) in [5, 5.41) is 13.8.